The summed E-state index contributed by atoms with van der Waals surface area (Å²) < 4.78 is 7.53. The number of anilines is 1. The molecule has 1 aromatic heterocycles. The van der Waals surface area contributed by atoms with E-state index in [-0.39, 0.29) is 30.1 Å². The van der Waals surface area contributed by atoms with E-state index in [4.69, 9.17) is 10.5 Å². The van der Waals surface area contributed by atoms with Crippen molar-refractivity contribution in [2.24, 2.45) is 17.8 Å². The fourth-order valence-corrected chi connectivity index (χ4v) is 2.24. The summed E-state index contributed by atoms with van der Waals surface area (Å²) in [6.45, 7) is 2.09. The van der Waals surface area contributed by atoms with Crippen molar-refractivity contribution in [1.29, 1.82) is 0 Å². The monoisotopic (exact) mass is 408 g/mol. The number of aliphatic imine (C=N–C) groups is 1. The molecule has 0 saturated carbocycles. The highest BCUT2D eigenvalue weighted by Crippen LogP contribution is 2.12. The second-order valence-corrected chi connectivity index (χ2v) is 5.22. The molecule has 120 valence electrons. The van der Waals surface area contributed by atoms with E-state index >= 15 is 0 Å². The fraction of sp³-hybridized carbons (Fsp3) is 0.692. The molecule has 1 saturated heterocycles. The largest absolute Gasteiger partial charge is 0.376 e. The van der Waals surface area contributed by atoms with Gasteiger partial charge in [0.2, 0.25) is 5.95 Å². The van der Waals surface area contributed by atoms with Crippen LogP contribution in [0.3, 0.4) is 0 Å². The lowest BCUT2D eigenvalue weighted by molar-refractivity contribution is 0.114. The summed E-state index contributed by atoms with van der Waals surface area (Å²) in [6, 6.07) is 0. The Balaban J connectivity index is 0.00000220. The van der Waals surface area contributed by atoms with Gasteiger partial charge in [-0.3, -0.25) is 0 Å². The summed E-state index contributed by atoms with van der Waals surface area (Å²) in [5, 5.41) is 3.11. The number of nitrogens with two attached hydrogens (primary N) is 1. The zero-order valence-corrected chi connectivity index (χ0v) is 15.2. The predicted molar refractivity (Wildman–Crippen MR) is 95.3 cm³/mol. The van der Waals surface area contributed by atoms with Crippen LogP contribution >= 0.6 is 24.0 Å². The number of aromatic nitrogens is 2. The number of hydrogen-bond donors (Lipinski definition) is 2. The van der Waals surface area contributed by atoms with Crippen LogP contribution in [0, 0.1) is 0 Å². The van der Waals surface area contributed by atoms with Crippen LogP contribution in [0.2, 0.25) is 0 Å². The van der Waals surface area contributed by atoms with Crippen LogP contribution in [0.1, 0.15) is 18.5 Å². The molecule has 0 bridgehead atoms. The molecular formula is C13H25IN6O. The summed E-state index contributed by atoms with van der Waals surface area (Å²) in [6.07, 6.45) is 4.31. The summed E-state index contributed by atoms with van der Waals surface area (Å²) in [4.78, 5) is 10.6. The molecule has 1 aliphatic rings. The van der Waals surface area contributed by atoms with Crippen LogP contribution < -0.4 is 16.0 Å². The first-order chi connectivity index (χ1) is 9.58. The quantitative estimate of drug-likeness (QED) is 0.426. The van der Waals surface area contributed by atoms with Gasteiger partial charge in [0.05, 0.1) is 24.5 Å². The van der Waals surface area contributed by atoms with E-state index in [0.29, 0.717) is 12.5 Å². The normalized spacial score (nSPS) is 18.4. The molecule has 0 aromatic carbocycles. The minimum absolute atomic E-state index is 0. The third-order valence-electron chi connectivity index (χ3n) is 3.41. The molecule has 0 aliphatic carbocycles. The van der Waals surface area contributed by atoms with Crippen LogP contribution in [-0.2, 0) is 18.3 Å². The van der Waals surface area contributed by atoms with Crippen molar-refractivity contribution in [3.63, 3.8) is 0 Å². The number of rotatable bonds is 5. The van der Waals surface area contributed by atoms with Gasteiger partial charge >= 0.3 is 0 Å². The maximum Gasteiger partial charge on any atom is 0.204 e. The van der Waals surface area contributed by atoms with Crippen molar-refractivity contribution in [1.82, 2.24) is 14.9 Å². The molecule has 2 rings (SSSR count). The Bertz CT molecular complexity index is 467. The lowest BCUT2D eigenvalue weighted by atomic mass is 10.2. The van der Waals surface area contributed by atoms with E-state index in [1.807, 2.05) is 36.8 Å². The smallest absolute Gasteiger partial charge is 0.204 e. The van der Waals surface area contributed by atoms with Crippen LogP contribution in [0.5, 0.6) is 0 Å². The highest BCUT2D eigenvalue weighted by atomic mass is 127. The summed E-state index contributed by atoms with van der Waals surface area (Å²) in [7, 11) is 5.91. The minimum Gasteiger partial charge on any atom is -0.376 e. The van der Waals surface area contributed by atoms with E-state index in [1.54, 1.807) is 0 Å². The Morgan fingerprint density at radius 3 is 2.95 bits per heavy atom. The average Bonchev–Trinajstić information content (AvgIpc) is 3.03. The van der Waals surface area contributed by atoms with Gasteiger partial charge in [-0.2, -0.15) is 0 Å². The van der Waals surface area contributed by atoms with E-state index in [1.165, 1.54) is 0 Å². The van der Waals surface area contributed by atoms with Gasteiger partial charge in [0, 0.05) is 34.3 Å². The second-order valence-electron chi connectivity index (χ2n) is 5.22. The van der Waals surface area contributed by atoms with Crippen LogP contribution in [0.4, 0.5) is 5.95 Å². The van der Waals surface area contributed by atoms with Crippen molar-refractivity contribution >= 4 is 35.9 Å². The Hall–Kier alpha value is -1.03. The van der Waals surface area contributed by atoms with Crippen molar-refractivity contribution < 1.29 is 4.74 Å². The van der Waals surface area contributed by atoms with E-state index in [0.717, 1.165) is 37.6 Å². The molecule has 1 aliphatic heterocycles. The number of imidazole rings is 1. The molecule has 1 atom stereocenters. The number of hydrogen-bond acceptors (Lipinski definition) is 4. The maximum atomic E-state index is 5.86. The summed E-state index contributed by atoms with van der Waals surface area (Å²) in [5.41, 5.74) is 6.88. The van der Waals surface area contributed by atoms with E-state index in [2.05, 4.69) is 15.3 Å². The van der Waals surface area contributed by atoms with Gasteiger partial charge in [0.15, 0.2) is 5.96 Å². The van der Waals surface area contributed by atoms with Gasteiger partial charge in [-0.15, -0.1) is 24.0 Å². The van der Waals surface area contributed by atoms with Gasteiger partial charge in [-0.05, 0) is 12.8 Å². The Labute approximate surface area is 143 Å². The predicted octanol–water partition coefficient (Wildman–Crippen LogP) is 0.687. The molecule has 0 amide bonds. The molecule has 1 aromatic rings. The van der Waals surface area contributed by atoms with Gasteiger partial charge < -0.3 is 25.3 Å². The maximum absolute atomic E-state index is 5.86. The second kappa shape index (κ2) is 8.42. The third-order valence-corrected chi connectivity index (χ3v) is 3.41. The van der Waals surface area contributed by atoms with Crippen molar-refractivity contribution in [3.8, 4) is 0 Å². The van der Waals surface area contributed by atoms with Gasteiger partial charge in [0.1, 0.15) is 0 Å². The number of ether oxygens (including phenoxy) is 1. The zero-order chi connectivity index (χ0) is 14.5. The molecule has 3 N–H and O–H groups in total. The zero-order valence-electron chi connectivity index (χ0n) is 12.9. The van der Waals surface area contributed by atoms with Crippen molar-refractivity contribution in [2.45, 2.75) is 25.5 Å². The van der Waals surface area contributed by atoms with Crippen LogP contribution in [0.15, 0.2) is 11.2 Å². The van der Waals surface area contributed by atoms with Gasteiger partial charge in [-0.25, -0.2) is 9.98 Å². The van der Waals surface area contributed by atoms with Gasteiger partial charge in [0.25, 0.3) is 0 Å². The first-order valence-electron chi connectivity index (χ1n) is 6.91. The topological polar surface area (TPSA) is 80.7 Å². The molecule has 0 spiro atoms. The van der Waals surface area contributed by atoms with Crippen molar-refractivity contribution in [3.05, 3.63) is 11.9 Å². The molecule has 2 heterocycles. The highest BCUT2D eigenvalue weighted by molar-refractivity contribution is 14.0. The molecular weight excluding hydrogens is 383 g/mol. The SMILES string of the molecule is CN(C)c1ncc(CN=C(N)NCC2CCCO2)n1C.I. The van der Waals surface area contributed by atoms with E-state index < -0.39 is 0 Å². The Morgan fingerprint density at radius 1 is 1.62 bits per heavy atom. The van der Waals surface area contributed by atoms with Crippen LogP contribution in [-0.4, -0.2) is 48.9 Å². The molecule has 1 unspecified atom stereocenters. The third kappa shape index (κ3) is 5.03. The lowest BCUT2D eigenvalue weighted by Gasteiger charge is -2.12. The Morgan fingerprint density at radius 2 is 2.38 bits per heavy atom. The molecule has 1 fully saturated rings. The minimum atomic E-state index is 0. The first kappa shape index (κ1) is 18.0. The summed E-state index contributed by atoms with van der Waals surface area (Å²) in [5.74, 6) is 1.36. The number of nitrogens with zero attached hydrogens (tertiary/aromatic N) is 4. The van der Waals surface area contributed by atoms with Crippen molar-refractivity contribution in [2.75, 3.05) is 32.1 Å². The Kier molecular flexibility index (Phi) is 7.23. The molecule has 21 heavy (non-hydrogen) atoms. The first-order valence-corrected chi connectivity index (χ1v) is 6.91. The molecule has 7 nitrogen and oxygen atoms in total. The average molecular weight is 408 g/mol. The summed E-state index contributed by atoms with van der Waals surface area (Å²) >= 11 is 0. The van der Waals surface area contributed by atoms with Crippen LogP contribution in [0.25, 0.3) is 0 Å². The highest BCUT2D eigenvalue weighted by Gasteiger charge is 2.15. The van der Waals surface area contributed by atoms with E-state index in [9.17, 15) is 0 Å². The molecule has 8 heteroatoms. The lowest BCUT2D eigenvalue weighted by Crippen LogP contribution is -2.37. The fourth-order valence-electron chi connectivity index (χ4n) is 2.24. The standard InChI is InChI=1S/C13H24N6O.HI/c1-18(2)13-17-8-10(19(13)3)7-15-12(14)16-9-11-5-4-6-20-11;/h8,11H,4-7,9H2,1-3H3,(H3,14,15,16);1H. The molecule has 0 radical (unpaired) electrons. The van der Waals surface area contributed by atoms with Gasteiger partial charge in [-0.1, -0.05) is 0 Å². The number of nitrogens with one attached hydrogen (secondary N) is 1. The number of halogens is 1. The number of guanidine groups is 1.